The summed E-state index contributed by atoms with van der Waals surface area (Å²) >= 11 is 0. The van der Waals surface area contributed by atoms with Crippen molar-refractivity contribution in [2.75, 3.05) is 19.6 Å². The van der Waals surface area contributed by atoms with E-state index >= 15 is 0 Å². The van der Waals surface area contributed by atoms with Crippen LogP contribution in [0.1, 0.15) is 19.4 Å². The highest BCUT2D eigenvalue weighted by Gasteiger charge is 2.25. The van der Waals surface area contributed by atoms with Crippen molar-refractivity contribution in [1.82, 2.24) is 14.5 Å². The number of hydrogen-bond donors (Lipinski definition) is 2. The first kappa shape index (κ1) is 12.9. The molecule has 2 aromatic rings. The van der Waals surface area contributed by atoms with E-state index in [0.717, 1.165) is 26.1 Å². The summed E-state index contributed by atoms with van der Waals surface area (Å²) in [6.07, 6.45) is 0.806. The van der Waals surface area contributed by atoms with Crippen LogP contribution < -0.4 is 11.2 Å². The van der Waals surface area contributed by atoms with Crippen LogP contribution in [0.5, 0.6) is 5.75 Å². The lowest BCUT2D eigenvalue weighted by atomic mass is 10.2. The number of likely N-dealkylation sites (N-methyl/N-ethyl adjacent to an activating group) is 1. The minimum absolute atomic E-state index is 0.0309. The summed E-state index contributed by atoms with van der Waals surface area (Å²) in [5.74, 6) is 0.0309. The number of phenolic OH excluding ortho intramolecular Hbond substituents is 1. The molecule has 1 saturated heterocycles. The number of likely N-dealkylation sites (tertiary alicyclic amines) is 1. The zero-order chi connectivity index (χ0) is 14.3. The van der Waals surface area contributed by atoms with Gasteiger partial charge in [-0.1, -0.05) is 6.92 Å². The quantitative estimate of drug-likeness (QED) is 0.844. The first-order chi connectivity index (χ1) is 9.60. The number of rotatable bonds is 2. The van der Waals surface area contributed by atoms with Crippen LogP contribution in [-0.4, -0.2) is 39.2 Å². The molecule has 1 aliphatic rings. The summed E-state index contributed by atoms with van der Waals surface area (Å²) in [7, 11) is 0. The van der Waals surface area contributed by atoms with E-state index in [9.17, 15) is 14.7 Å². The van der Waals surface area contributed by atoms with Gasteiger partial charge in [-0.2, -0.15) is 0 Å². The van der Waals surface area contributed by atoms with Gasteiger partial charge >= 0.3 is 5.69 Å². The molecule has 1 atom stereocenters. The SMILES string of the molecule is CCN1CCC(n2c(=O)[nH]c3cc(O)ccc3c2=O)C1. The Morgan fingerprint density at radius 2 is 2.20 bits per heavy atom. The van der Waals surface area contributed by atoms with Gasteiger partial charge in [-0.15, -0.1) is 0 Å². The lowest BCUT2D eigenvalue weighted by Crippen LogP contribution is -2.39. The molecule has 1 fully saturated rings. The monoisotopic (exact) mass is 275 g/mol. The molecule has 2 heterocycles. The Hall–Kier alpha value is -2.08. The summed E-state index contributed by atoms with van der Waals surface area (Å²) in [6.45, 7) is 4.62. The molecule has 1 aromatic carbocycles. The Kier molecular flexibility index (Phi) is 3.10. The predicted molar refractivity (Wildman–Crippen MR) is 76.3 cm³/mol. The highest BCUT2D eigenvalue weighted by atomic mass is 16.3. The van der Waals surface area contributed by atoms with Gasteiger partial charge in [-0.3, -0.25) is 9.36 Å². The van der Waals surface area contributed by atoms with Crippen LogP contribution in [0.4, 0.5) is 0 Å². The molecule has 6 heteroatoms. The van der Waals surface area contributed by atoms with E-state index in [-0.39, 0.29) is 17.4 Å². The predicted octanol–water partition coefficient (Wildman–Crippen LogP) is 0.662. The van der Waals surface area contributed by atoms with Gasteiger partial charge in [0.1, 0.15) is 5.75 Å². The molecular weight excluding hydrogens is 258 g/mol. The maximum atomic E-state index is 12.5. The number of aromatic hydroxyl groups is 1. The molecule has 1 aromatic heterocycles. The zero-order valence-electron chi connectivity index (χ0n) is 11.3. The number of H-pyrrole nitrogens is 1. The highest BCUT2D eigenvalue weighted by Crippen LogP contribution is 2.19. The van der Waals surface area contributed by atoms with Crippen LogP contribution in [0.15, 0.2) is 27.8 Å². The van der Waals surface area contributed by atoms with E-state index in [1.54, 1.807) is 6.07 Å². The first-order valence-corrected chi connectivity index (χ1v) is 6.80. The molecule has 0 saturated carbocycles. The third kappa shape index (κ3) is 2.02. The lowest BCUT2D eigenvalue weighted by Gasteiger charge is -2.15. The molecule has 6 nitrogen and oxygen atoms in total. The van der Waals surface area contributed by atoms with Crippen molar-refractivity contribution in [2.45, 2.75) is 19.4 Å². The number of benzene rings is 1. The number of aromatic amines is 1. The Balaban J connectivity index is 2.15. The smallest absolute Gasteiger partial charge is 0.329 e. The largest absolute Gasteiger partial charge is 0.508 e. The molecule has 0 amide bonds. The van der Waals surface area contributed by atoms with Gasteiger partial charge in [0.15, 0.2) is 0 Å². The minimum Gasteiger partial charge on any atom is -0.508 e. The molecule has 20 heavy (non-hydrogen) atoms. The van der Waals surface area contributed by atoms with Crippen LogP contribution >= 0.6 is 0 Å². The second-order valence-electron chi connectivity index (χ2n) is 5.17. The second-order valence-corrected chi connectivity index (χ2v) is 5.17. The molecule has 0 radical (unpaired) electrons. The number of nitrogens with zero attached hydrogens (tertiary/aromatic N) is 2. The fourth-order valence-electron chi connectivity index (χ4n) is 2.86. The average Bonchev–Trinajstić information content (AvgIpc) is 2.86. The minimum atomic E-state index is -0.406. The van der Waals surface area contributed by atoms with Crippen molar-refractivity contribution in [3.05, 3.63) is 39.0 Å². The number of aromatic nitrogens is 2. The highest BCUT2D eigenvalue weighted by molar-refractivity contribution is 5.78. The summed E-state index contributed by atoms with van der Waals surface area (Å²) in [6, 6.07) is 4.32. The van der Waals surface area contributed by atoms with Gasteiger partial charge in [0.05, 0.1) is 16.9 Å². The van der Waals surface area contributed by atoms with Gasteiger partial charge in [0.2, 0.25) is 0 Å². The molecule has 1 aliphatic heterocycles. The first-order valence-electron chi connectivity index (χ1n) is 6.80. The van der Waals surface area contributed by atoms with E-state index in [0.29, 0.717) is 10.9 Å². The number of nitrogens with one attached hydrogen (secondary N) is 1. The fourth-order valence-corrected chi connectivity index (χ4v) is 2.86. The number of fused-ring (bicyclic) bond motifs is 1. The van der Waals surface area contributed by atoms with Crippen LogP contribution in [0.2, 0.25) is 0 Å². The third-order valence-electron chi connectivity index (χ3n) is 3.97. The maximum Gasteiger partial charge on any atom is 0.329 e. The summed E-state index contributed by atoms with van der Waals surface area (Å²) in [5, 5.41) is 9.85. The van der Waals surface area contributed by atoms with Gasteiger partial charge in [0.25, 0.3) is 5.56 Å². The van der Waals surface area contributed by atoms with Crippen molar-refractivity contribution in [2.24, 2.45) is 0 Å². The summed E-state index contributed by atoms with van der Waals surface area (Å²) in [5.41, 5.74) is -0.315. The average molecular weight is 275 g/mol. The Bertz CT molecular complexity index is 762. The third-order valence-corrected chi connectivity index (χ3v) is 3.97. The van der Waals surface area contributed by atoms with E-state index in [2.05, 4.69) is 16.8 Å². The lowest BCUT2D eigenvalue weighted by molar-refractivity contribution is 0.338. The van der Waals surface area contributed by atoms with Crippen molar-refractivity contribution >= 4 is 10.9 Å². The molecule has 0 bridgehead atoms. The number of phenols is 1. The standard InChI is InChI=1S/C14H17N3O3/c1-2-16-6-5-9(8-16)17-13(19)11-4-3-10(18)7-12(11)15-14(17)20/h3-4,7,9,18H,2,5-6,8H2,1H3,(H,15,20). The van der Waals surface area contributed by atoms with Crippen molar-refractivity contribution in [1.29, 1.82) is 0 Å². The van der Waals surface area contributed by atoms with Crippen LogP contribution in [0.3, 0.4) is 0 Å². The van der Waals surface area contributed by atoms with Crippen LogP contribution in [0, 0.1) is 0 Å². The molecule has 0 spiro atoms. The maximum absolute atomic E-state index is 12.5. The van der Waals surface area contributed by atoms with E-state index < -0.39 is 5.69 Å². The fraction of sp³-hybridized carbons (Fsp3) is 0.429. The molecule has 0 aliphatic carbocycles. The van der Waals surface area contributed by atoms with Crippen LogP contribution in [-0.2, 0) is 0 Å². The zero-order valence-corrected chi connectivity index (χ0v) is 11.3. The molecule has 2 N–H and O–H groups in total. The number of hydrogen-bond acceptors (Lipinski definition) is 4. The summed E-state index contributed by atoms with van der Waals surface area (Å²) in [4.78, 5) is 29.5. The van der Waals surface area contributed by atoms with Gasteiger partial charge < -0.3 is 15.0 Å². The van der Waals surface area contributed by atoms with Gasteiger partial charge in [-0.25, -0.2) is 4.79 Å². The van der Waals surface area contributed by atoms with E-state index in [1.807, 2.05) is 0 Å². The van der Waals surface area contributed by atoms with E-state index in [1.165, 1.54) is 16.7 Å². The molecular formula is C14H17N3O3. The molecule has 1 unspecified atom stereocenters. The Morgan fingerprint density at radius 3 is 2.90 bits per heavy atom. The Labute approximate surface area is 115 Å². The Morgan fingerprint density at radius 1 is 1.40 bits per heavy atom. The summed E-state index contributed by atoms with van der Waals surface area (Å²) < 4.78 is 1.31. The van der Waals surface area contributed by atoms with Crippen LogP contribution in [0.25, 0.3) is 10.9 Å². The van der Waals surface area contributed by atoms with Gasteiger partial charge in [-0.05, 0) is 25.1 Å². The van der Waals surface area contributed by atoms with Crippen molar-refractivity contribution in [3.63, 3.8) is 0 Å². The second kappa shape index (κ2) is 4.79. The normalized spacial score (nSPS) is 19.8. The van der Waals surface area contributed by atoms with Gasteiger partial charge in [0, 0.05) is 19.2 Å². The van der Waals surface area contributed by atoms with Crippen molar-refractivity contribution < 1.29 is 5.11 Å². The van der Waals surface area contributed by atoms with Crippen molar-refractivity contribution in [3.8, 4) is 5.75 Å². The van der Waals surface area contributed by atoms with E-state index in [4.69, 9.17) is 0 Å². The topological polar surface area (TPSA) is 78.3 Å². The molecule has 3 rings (SSSR count). The molecule has 106 valence electrons.